The second-order valence-corrected chi connectivity index (χ2v) is 6.62. The Labute approximate surface area is 124 Å². The van der Waals surface area contributed by atoms with Crippen LogP contribution < -0.4 is 19.5 Å². The van der Waals surface area contributed by atoms with Gasteiger partial charge in [0.15, 0.2) is 0 Å². The maximum Gasteiger partial charge on any atom is 0.243 e. The summed E-state index contributed by atoms with van der Waals surface area (Å²) in [6, 6.07) is 2.05. The largest absolute Gasteiger partial charge is 0.481 e. The molecule has 0 unspecified atom stereocenters. The molecule has 0 saturated heterocycles. The summed E-state index contributed by atoms with van der Waals surface area (Å²) >= 11 is 0. The molecule has 1 aliphatic carbocycles. The second-order valence-electron chi connectivity index (χ2n) is 4.78. The molecule has 0 aliphatic heterocycles. The Balaban J connectivity index is 1.91. The molecule has 1 fully saturated rings. The van der Waals surface area contributed by atoms with Crippen LogP contribution in [0.2, 0.25) is 0 Å². The molecule has 1 aromatic rings. The predicted molar refractivity (Wildman–Crippen MR) is 78.2 cm³/mol. The van der Waals surface area contributed by atoms with Crippen LogP contribution in [0.1, 0.15) is 19.3 Å². The van der Waals surface area contributed by atoms with Crippen molar-refractivity contribution in [1.82, 2.24) is 15.3 Å². The van der Waals surface area contributed by atoms with Crippen LogP contribution >= 0.6 is 0 Å². The van der Waals surface area contributed by atoms with E-state index >= 15 is 0 Å². The van der Waals surface area contributed by atoms with Gasteiger partial charge in [0.2, 0.25) is 27.7 Å². The zero-order chi connectivity index (χ0) is 15.3. The third-order valence-corrected chi connectivity index (χ3v) is 4.26. The van der Waals surface area contributed by atoms with Crippen molar-refractivity contribution in [2.24, 2.45) is 0 Å². The molecule has 9 heteroatoms. The fourth-order valence-corrected chi connectivity index (χ4v) is 2.70. The number of hydrogen-bond acceptors (Lipinski definition) is 7. The maximum atomic E-state index is 12.0. The molecule has 8 nitrogen and oxygen atoms in total. The minimum atomic E-state index is -3.49. The highest BCUT2D eigenvalue weighted by atomic mass is 32.2. The molecule has 21 heavy (non-hydrogen) atoms. The number of sulfonamides is 1. The number of hydrogen-bond donors (Lipinski definition) is 2. The summed E-state index contributed by atoms with van der Waals surface area (Å²) in [7, 11) is -0.620. The minimum absolute atomic E-state index is 0.00953. The summed E-state index contributed by atoms with van der Waals surface area (Å²) in [5, 5.41) is 3.27. The molecule has 118 valence electrons. The standard InChI is InChI=1S/C12H20N4O4S/c1-19-10-8-11(20-2)15-12(14-10)16-21(17,18)7-3-6-13-9-4-5-9/h8-9,13H,3-7H2,1-2H3,(H,14,15,16). The van der Waals surface area contributed by atoms with Crippen molar-refractivity contribution in [3.63, 3.8) is 0 Å². The van der Waals surface area contributed by atoms with Crippen molar-refractivity contribution in [3.05, 3.63) is 6.07 Å². The SMILES string of the molecule is COc1cc(OC)nc(NS(=O)(=O)CCCNC2CC2)n1. The van der Waals surface area contributed by atoms with E-state index in [1.54, 1.807) is 0 Å². The average Bonchev–Trinajstić information content (AvgIpc) is 3.26. The average molecular weight is 316 g/mol. The zero-order valence-electron chi connectivity index (χ0n) is 12.1. The van der Waals surface area contributed by atoms with Crippen molar-refractivity contribution in [3.8, 4) is 11.8 Å². The molecule has 1 saturated carbocycles. The number of rotatable bonds is 9. The summed E-state index contributed by atoms with van der Waals surface area (Å²) < 4.78 is 36.2. The molecule has 2 rings (SSSR count). The normalized spacial score (nSPS) is 14.8. The maximum absolute atomic E-state index is 12.0. The Morgan fingerprint density at radius 2 is 1.86 bits per heavy atom. The predicted octanol–water partition coefficient (Wildman–Crippen LogP) is 0.378. The Bertz CT molecular complexity index is 552. The van der Waals surface area contributed by atoms with Crippen LogP contribution in [0, 0.1) is 0 Å². The van der Waals surface area contributed by atoms with Gasteiger partial charge in [-0.3, -0.25) is 4.72 Å². The number of nitrogens with zero attached hydrogens (tertiary/aromatic N) is 2. The first-order valence-corrected chi connectivity index (χ1v) is 8.38. The lowest BCUT2D eigenvalue weighted by Gasteiger charge is -2.09. The number of methoxy groups -OCH3 is 2. The second kappa shape index (κ2) is 6.90. The van der Waals surface area contributed by atoms with Gasteiger partial charge in [0.25, 0.3) is 0 Å². The fraction of sp³-hybridized carbons (Fsp3) is 0.667. The first-order chi connectivity index (χ1) is 10.0. The first kappa shape index (κ1) is 15.8. The van der Waals surface area contributed by atoms with E-state index in [1.807, 2.05) is 0 Å². The lowest BCUT2D eigenvalue weighted by Crippen LogP contribution is -2.24. The van der Waals surface area contributed by atoms with Crippen LogP contribution in [0.5, 0.6) is 11.8 Å². The van der Waals surface area contributed by atoms with Gasteiger partial charge in [0.1, 0.15) is 0 Å². The highest BCUT2D eigenvalue weighted by Gasteiger charge is 2.20. The Hall–Kier alpha value is -1.61. The summed E-state index contributed by atoms with van der Waals surface area (Å²) in [5.74, 6) is 0.418. The van der Waals surface area contributed by atoms with Crippen molar-refractivity contribution >= 4 is 16.0 Å². The molecule has 0 amide bonds. The first-order valence-electron chi connectivity index (χ1n) is 6.73. The Morgan fingerprint density at radius 1 is 1.24 bits per heavy atom. The van der Waals surface area contributed by atoms with Crippen molar-refractivity contribution in [2.45, 2.75) is 25.3 Å². The lowest BCUT2D eigenvalue weighted by atomic mass is 10.5. The smallest absolute Gasteiger partial charge is 0.243 e. The molecule has 0 aromatic carbocycles. The van der Waals surface area contributed by atoms with Crippen molar-refractivity contribution in [1.29, 1.82) is 0 Å². The molecule has 1 aliphatic rings. The number of ether oxygens (including phenoxy) is 2. The van der Waals surface area contributed by atoms with E-state index in [1.165, 1.54) is 33.1 Å². The van der Waals surface area contributed by atoms with E-state index < -0.39 is 10.0 Å². The van der Waals surface area contributed by atoms with Gasteiger partial charge in [0.05, 0.1) is 26.0 Å². The Morgan fingerprint density at radius 3 is 2.38 bits per heavy atom. The van der Waals surface area contributed by atoms with Crippen molar-refractivity contribution < 1.29 is 17.9 Å². The summed E-state index contributed by atoms with van der Waals surface area (Å²) in [6.07, 6.45) is 2.90. The van der Waals surface area contributed by atoms with Gasteiger partial charge in [0, 0.05) is 6.04 Å². The summed E-state index contributed by atoms with van der Waals surface area (Å²) in [6.45, 7) is 0.688. The molecule has 0 atom stereocenters. The van der Waals surface area contributed by atoms with E-state index in [4.69, 9.17) is 9.47 Å². The molecular weight excluding hydrogens is 296 g/mol. The van der Waals surface area contributed by atoms with Gasteiger partial charge in [-0.05, 0) is 25.8 Å². The highest BCUT2D eigenvalue weighted by Crippen LogP contribution is 2.19. The number of nitrogens with one attached hydrogen (secondary N) is 2. The van der Waals surface area contributed by atoms with Crippen LogP contribution in [0.4, 0.5) is 5.95 Å². The van der Waals surface area contributed by atoms with Crippen LogP contribution in [-0.2, 0) is 10.0 Å². The van der Waals surface area contributed by atoms with Gasteiger partial charge in [-0.25, -0.2) is 8.42 Å². The zero-order valence-corrected chi connectivity index (χ0v) is 12.9. The third kappa shape index (κ3) is 5.35. The van der Waals surface area contributed by atoms with Gasteiger partial charge < -0.3 is 14.8 Å². The van der Waals surface area contributed by atoms with Gasteiger partial charge in [-0.1, -0.05) is 0 Å². The number of aromatic nitrogens is 2. The van der Waals surface area contributed by atoms with E-state index in [9.17, 15) is 8.42 Å². The third-order valence-electron chi connectivity index (χ3n) is 2.94. The monoisotopic (exact) mass is 316 g/mol. The quantitative estimate of drug-likeness (QED) is 0.635. The molecule has 1 heterocycles. The molecule has 2 N–H and O–H groups in total. The molecular formula is C12H20N4O4S. The van der Waals surface area contributed by atoms with E-state index in [0.717, 1.165) is 0 Å². The van der Waals surface area contributed by atoms with Crippen molar-refractivity contribution in [2.75, 3.05) is 31.2 Å². The van der Waals surface area contributed by atoms with E-state index in [-0.39, 0.29) is 23.5 Å². The Kier molecular flexibility index (Phi) is 5.18. The van der Waals surface area contributed by atoms with Gasteiger partial charge >= 0.3 is 0 Å². The topological polar surface area (TPSA) is 102 Å². The summed E-state index contributed by atoms with van der Waals surface area (Å²) in [5.41, 5.74) is 0. The van der Waals surface area contributed by atoms with Crippen LogP contribution in [0.25, 0.3) is 0 Å². The van der Waals surface area contributed by atoms with E-state index in [0.29, 0.717) is 19.0 Å². The van der Waals surface area contributed by atoms with Crippen LogP contribution in [0.3, 0.4) is 0 Å². The fourth-order valence-electron chi connectivity index (χ4n) is 1.70. The summed E-state index contributed by atoms with van der Waals surface area (Å²) in [4.78, 5) is 7.86. The van der Waals surface area contributed by atoms with Crippen LogP contribution in [0.15, 0.2) is 6.07 Å². The van der Waals surface area contributed by atoms with Crippen LogP contribution in [-0.4, -0.2) is 50.9 Å². The molecule has 0 spiro atoms. The van der Waals surface area contributed by atoms with Gasteiger partial charge in [-0.2, -0.15) is 9.97 Å². The molecule has 0 radical (unpaired) electrons. The molecule has 0 bridgehead atoms. The highest BCUT2D eigenvalue weighted by molar-refractivity contribution is 7.92. The number of anilines is 1. The minimum Gasteiger partial charge on any atom is -0.481 e. The lowest BCUT2D eigenvalue weighted by molar-refractivity contribution is 0.373. The molecule has 1 aromatic heterocycles. The van der Waals surface area contributed by atoms with Gasteiger partial charge in [-0.15, -0.1) is 0 Å². The van der Waals surface area contributed by atoms with E-state index in [2.05, 4.69) is 20.0 Å².